The highest BCUT2D eigenvalue weighted by Gasteiger charge is 2.19. The minimum Gasteiger partial charge on any atom is -0.494 e. The molecule has 0 unspecified atom stereocenters. The van der Waals surface area contributed by atoms with Gasteiger partial charge in [0.1, 0.15) is 17.2 Å². The number of nitrogens with zero attached hydrogens (tertiary/aromatic N) is 4. The van der Waals surface area contributed by atoms with E-state index in [9.17, 15) is 4.79 Å². The van der Waals surface area contributed by atoms with Gasteiger partial charge in [-0.3, -0.25) is 4.79 Å². The number of aryl methyl sites for hydroxylation is 1. The minimum atomic E-state index is -0.317. The number of anilines is 1. The summed E-state index contributed by atoms with van der Waals surface area (Å²) in [6.45, 7) is 6.56. The van der Waals surface area contributed by atoms with Crippen LogP contribution in [0, 0.1) is 13.8 Å². The second-order valence-corrected chi connectivity index (χ2v) is 8.04. The molecule has 0 saturated carbocycles. The number of oxazole rings is 1. The van der Waals surface area contributed by atoms with Crippen LogP contribution < -0.4 is 10.1 Å². The first kappa shape index (κ1) is 21.8. The zero-order chi connectivity index (χ0) is 22.7. The summed E-state index contributed by atoms with van der Waals surface area (Å²) in [5, 5.41) is 11.0. The van der Waals surface area contributed by atoms with E-state index >= 15 is 0 Å². The predicted molar refractivity (Wildman–Crippen MR) is 124 cm³/mol. The topological polar surface area (TPSA) is 95.1 Å². The van der Waals surface area contributed by atoms with Crippen LogP contribution in [0.25, 0.3) is 11.5 Å². The van der Waals surface area contributed by atoms with Crippen molar-refractivity contribution in [2.45, 2.75) is 27.3 Å². The van der Waals surface area contributed by atoms with E-state index in [1.165, 1.54) is 0 Å². The van der Waals surface area contributed by atoms with Gasteiger partial charge in [-0.2, -0.15) is 0 Å². The van der Waals surface area contributed by atoms with Gasteiger partial charge in [0.05, 0.1) is 18.8 Å². The summed E-state index contributed by atoms with van der Waals surface area (Å²) in [6, 6.07) is 14.9. The van der Waals surface area contributed by atoms with Crippen LogP contribution in [0.5, 0.6) is 5.75 Å². The normalized spacial score (nSPS) is 10.9. The van der Waals surface area contributed by atoms with E-state index in [0.29, 0.717) is 36.2 Å². The van der Waals surface area contributed by atoms with Crippen LogP contribution in [0.4, 0.5) is 5.69 Å². The molecule has 9 heteroatoms. The molecule has 2 aromatic heterocycles. The molecule has 0 atom stereocenters. The number of ether oxygens (including phenoxy) is 1. The zero-order valence-electron chi connectivity index (χ0n) is 17.9. The summed E-state index contributed by atoms with van der Waals surface area (Å²) in [4.78, 5) is 17.3. The van der Waals surface area contributed by atoms with Gasteiger partial charge in [-0.1, -0.05) is 21.1 Å². The van der Waals surface area contributed by atoms with Gasteiger partial charge in [-0.25, -0.2) is 9.67 Å². The van der Waals surface area contributed by atoms with Crippen molar-refractivity contribution in [1.82, 2.24) is 20.0 Å². The fourth-order valence-electron chi connectivity index (χ4n) is 3.14. The molecule has 2 aromatic carbocycles. The van der Waals surface area contributed by atoms with Crippen molar-refractivity contribution in [2.75, 3.05) is 11.9 Å². The largest absolute Gasteiger partial charge is 0.494 e. The van der Waals surface area contributed by atoms with Gasteiger partial charge in [-0.15, -0.1) is 5.10 Å². The number of benzene rings is 2. The average Bonchev–Trinajstić information content (AvgIpc) is 3.33. The van der Waals surface area contributed by atoms with Crippen LogP contribution >= 0.6 is 15.9 Å². The van der Waals surface area contributed by atoms with E-state index in [1.807, 2.05) is 62.4 Å². The van der Waals surface area contributed by atoms with Crippen molar-refractivity contribution in [2.24, 2.45) is 0 Å². The third-order valence-electron chi connectivity index (χ3n) is 4.90. The molecule has 0 aliphatic rings. The highest BCUT2D eigenvalue weighted by molar-refractivity contribution is 9.10. The number of hydrogen-bond donors (Lipinski definition) is 1. The number of rotatable bonds is 7. The van der Waals surface area contributed by atoms with Crippen molar-refractivity contribution < 1.29 is 13.9 Å². The van der Waals surface area contributed by atoms with Crippen molar-refractivity contribution in [1.29, 1.82) is 0 Å². The van der Waals surface area contributed by atoms with Crippen molar-refractivity contribution in [3.05, 3.63) is 75.8 Å². The maximum atomic E-state index is 12.6. The summed E-state index contributed by atoms with van der Waals surface area (Å²) in [6.07, 6.45) is 0. The molecule has 0 bridgehead atoms. The van der Waals surface area contributed by atoms with Crippen LogP contribution in [0.15, 0.2) is 57.4 Å². The van der Waals surface area contributed by atoms with E-state index in [-0.39, 0.29) is 11.6 Å². The van der Waals surface area contributed by atoms with E-state index in [2.05, 4.69) is 36.5 Å². The predicted octanol–water partition coefficient (Wildman–Crippen LogP) is 5.01. The molecule has 0 aliphatic carbocycles. The molecular formula is C23H22BrN5O3. The van der Waals surface area contributed by atoms with Crippen molar-refractivity contribution >= 4 is 27.5 Å². The van der Waals surface area contributed by atoms with Gasteiger partial charge in [-0.05, 0) is 69.3 Å². The Hall–Kier alpha value is -3.46. The first-order valence-corrected chi connectivity index (χ1v) is 10.9. The van der Waals surface area contributed by atoms with E-state index in [4.69, 9.17) is 9.15 Å². The number of aromatic nitrogens is 4. The highest BCUT2D eigenvalue weighted by atomic mass is 79.9. The first-order valence-electron chi connectivity index (χ1n) is 10.1. The Bertz CT molecular complexity index is 1230. The maximum Gasteiger partial charge on any atom is 0.278 e. The van der Waals surface area contributed by atoms with Gasteiger partial charge in [0.2, 0.25) is 5.89 Å². The minimum absolute atomic E-state index is 0.265. The standard InChI is InChI=1S/C23H22BrN5O3/c1-4-31-19-11-5-16(6-12-19)23-26-20(15(3)32-23)13-29-14(2)21(27-28-29)22(30)25-18-9-7-17(24)8-10-18/h5-12H,4,13H2,1-3H3,(H,25,30). The lowest BCUT2D eigenvalue weighted by molar-refractivity contribution is 0.102. The molecule has 1 amide bonds. The fraction of sp³-hybridized carbons (Fsp3) is 0.217. The van der Waals surface area contributed by atoms with Crippen molar-refractivity contribution in [3.8, 4) is 17.2 Å². The average molecular weight is 496 g/mol. The Morgan fingerprint density at radius 3 is 2.53 bits per heavy atom. The Balaban J connectivity index is 1.49. The molecule has 0 aliphatic heterocycles. The lowest BCUT2D eigenvalue weighted by Gasteiger charge is -2.04. The Kier molecular flexibility index (Phi) is 6.36. The van der Waals surface area contributed by atoms with Gasteiger partial charge < -0.3 is 14.5 Å². The second kappa shape index (κ2) is 9.35. The molecule has 0 radical (unpaired) electrons. The lowest BCUT2D eigenvalue weighted by Crippen LogP contribution is -2.14. The molecule has 164 valence electrons. The van der Waals surface area contributed by atoms with Gasteiger partial charge in [0.25, 0.3) is 5.91 Å². The maximum absolute atomic E-state index is 12.6. The molecular weight excluding hydrogens is 474 g/mol. The number of carbonyl (C=O) groups excluding carboxylic acids is 1. The molecule has 0 spiro atoms. The molecule has 8 nitrogen and oxygen atoms in total. The quantitative estimate of drug-likeness (QED) is 0.387. The summed E-state index contributed by atoms with van der Waals surface area (Å²) in [7, 11) is 0. The van der Waals surface area contributed by atoms with Crippen LogP contribution in [-0.4, -0.2) is 32.5 Å². The highest BCUT2D eigenvalue weighted by Crippen LogP contribution is 2.25. The van der Waals surface area contributed by atoms with Crippen LogP contribution in [0.1, 0.15) is 34.6 Å². The fourth-order valence-corrected chi connectivity index (χ4v) is 3.41. The van der Waals surface area contributed by atoms with E-state index in [0.717, 1.165) is 21.5 Å². The summed E-state index contributed by atoms with van der Waals surface area (Å²) in [5.74, 6) is 1.69. The van der Waals surface area contributed by atoms with E-state index < -0.39 is 0 Å². The van der Waals surface area contributed by atoms with Gasteiger partial charge in [0.15, 0.2) is 5.69 Å². The van der Waals surface area contributed by atoms with Crippen LogP contribution in [0.3, 0.4) is 0 Å². The molecule has 32 heavy (non-hydrogen) atoms. The monoisotopic (exact) mass is 495 g/mol. The van der Waals surface area contributed by atoms with Crippen LogP contribution in [-0.2, 0) is 6.54 Å². The number of nitrogens with one attached hydrogen (secondary N) is 1. The number of carbonyl (C=O) groups is 1. The molecule has 4 aromatic rings. The van der Waals surface area contributed by atoms with Gasteiger partial charge in [0, 0.05) is 15.7 Å². The summed E-state index contributed by atoms with van der Waals surface area (Å²) < 4.78 is 13.9. The van der Waals surface area contributed by atoms with Gasteiger partial charge >= 0.3 is 0 Å². The number of hydrogen-bond acceptors (Lipinski definition) is 6. The van der Waals surface area contributed by atoms with E-state index in [1.54, 1.807) is 11.6 Å². The number of amides is 1. The van der Waals surface area contributed by atoms with Crippen LogP contribution in [0.2, 0.25) is 0 Å². The molecule has 2 heterocycles. The second-order valence-electron chi connectivity index (χ2n) is 7.12. The number of halogens is 1. The molecule has 0 saturated heterocycles. The molecule has 4 rings (SSSR count). The smallest absolute Gasteiger partial charge is 0.278 e. The third-order valence-corrected chi connectivity index (χ3v) is 5.43. The SMILES string of the molecule is CCOc1ccc(-c2nc(Cn3nnc(C(=O)Nc4ccc(Br)cc4)c3C)c(C)o2)cc1. The Labute approximate surface area is 193 Å². The summed E-state index contributed by atoms with van der Waals surface area (Å²) in [5.41, 5.74) is 3.17. The lowest BCUT2D eigenvalue weighted by atomic mass is 10.2. The van der Waals surface area contributed by atoms with Crippen molar-refractivity contribution in [3.63, 3.8) is 0 Å². The first-order chi connectivity index (χ1) is 15.4. The third kappa shape index (κ3) is 4.72. The summed E-state index contributed by atoms with van der Waals surface area (Å²) >= 11 is 3.38. The molecule has 1 N–H and O–H groups in total. The Morgan fingerprint density at radius 1 is 1.12 bits per heavy atom. The zero-order valence-corrected chi connectivity index (χ0v) is 19.5. The molecule has 0 fully saturated rings. The Morgan fingerprint density at radius 2 is 1.84 bits per heavy atom.